The summed E-state index contributed by atoms with van der Waals surface area (Å²) in [7, 11) is -1.66. The third-order valence-electron chi connectivity index (χ3n) is 7.63. The van der Waals surface area contributed by atoms with Crippen molar-refractivity contribution in [1.82, 2.24) is 0 Å². The van der Waals surface area contributed by atoms with Gasteiger partial charge in [-0.1, -0.05) is 115 Å². The Morgan fingerprint density at radius 3 is 1.43 bits per heavy atom. The van der Waals surface area contributed by atoms with Gasteiger partial charge in [0.1, 0.15) is 28.4 Å². The minimum absolute atomic E-state index is 0. The van der Waals surface area contributed by atoms with Crippen LogP contribution in [-0.4, -0.2) is 23.6 Å². The predicted octanol–water partition coefficient (Wildman–Crippen LogP) is 8.14. The molecule has 0 saturated heterocycles. The molecular formula is C39H41IrNO2P-. The molecule has 1 heterocycles. The van der Waals surface area contributed by atoms with E-state index >= 15 is 0 Å². The van der Waals surface area contributed by atoms with E-state index < -0.39 is 13.7 Å². The fraction of sp³-hybridized carbons (Fsp3) is 0.154. The van der Waals surface area contributed by atoms with Crippen molar-refractivity contribution in [2.24, 2.45) is 4.99 Å². The summed E-state index contributed by atoms with van der Waals surface area (Å²) in [5.41, 5.74) is 2.77. The average molecular weight is 779 g/mol. The Bertz CT molecular complexity index is 1470. The minimum Gasteiger partial charge on any atom is -0.472 e. The summed E-state index contributed by atoms with van der Waals surface area (Å²) in [6.45, 7) is 2.13. The van der Waals surface area contributed by atoms with Crippen LogP contribution in [0.4, 0.5) is 0 Å². The molecule has 5 heteroatoms. The van der Waals surface area contributed by atoms with Crippen LogP contribution >= 0.6 is 8.15 Å². The fourth-order valence-electron chi connectivity index (χ4n) is 5.72. The molecule has 2 atom stereocenters. The molecule has 1 radical (unpaired) electrons. The first-order valence-electron chi connectivity index (χ1n) is 14.2. The molecule has 0 unspecified atom stereocenters. The number of rotatable bonds is 10. The standard InChI is InChI=1S/C37H34NO2P.2CH3.Ir/c1-29-35(38-36(39-29)32-21-11-4-12-22-32)37(27-30-17-7-2-8-18-30,28-31-19-9-3-10-20-31)40-41(33-23-13-5-14-24-33)34-25-15-6-16-26-34;;;/h2-26,29,35H,27-28H2,1H3;2*1H3;/q;2*-1;/p+1/t29-,35-;;;/m0.../s1. The molecule has 0 bridgehead atoms. The average Bonchev–Trinajstić information content (AvgIpc) is 3.44. The Balaban J connectivity index is 0.00000176. The van der Waals surface area contributed by atoms with Crippen molar-refractivity contribution in [3.8, 4) is 0 Å². The van der Waals surface area contributed by atoms with Crippen molar-refractivity contribution in [3.63, 3.8) is 0 Å². The van der Waals surface area contributed by atoms with Crippen LogP contribution in [0.1, 0.15) is 23.6 Å². The van der Waals surface area contributed by atoms with Gasteiger partial charge in [0, 0.05) is 38.5 Å². The number of benzene rings is 5. The zero-order chi connectivity index (χ0) is 27.9. The summed E-state index contributed by atoms with van der Waals surface area (Å²) in [6.07, 6.45) is 1.26. The zero-order valence-corrected chi connectivity index (χ0v) is 29.0. The minimum atomic E-state index is -1.66. The first-order valence-corrected chi connectivity index (χ1v) is 15.7. The molecule has 0 aliphatic carbocycles. The van der Waals surface area contributed by atoms with Crippen molar-refractivity contribution in [2.45, 2.75) is 37.5 Å². The molecule has 0 amide bonds. The molecule has 1 aliphatic heterocycles. The maximum absolute atomic E-state index is 7.67. The second-order valence-corrected chi connectivity index (χ2v) is 12.6. The number of hydrogen-bond donors (Lipinski definition) is 0. The Kier molecular flexibility index (Phi) is 13.3. The van der Waals surface area contributed by atoms with E-state index in [1.807, 2.05) is 18.2 Å². The number of hydrogen-bond acceptors (Lipinski definition) is 3. The van der Waals surface area contributed by atoms with Gasteiger partial charge in [-0.05, 0) is 54.4 Å². The van der Waals surface area contributed by atoms with Gasteiger partial charge in [-0.3, -0.25) is 0 Å². The quantitative estimate of drug-likeness (QED) is 0.106. The van der Waals surface area contributed by atoms with E-state index in [9.17, 15) is 0 Å². The molecule has 3 nitrogen and oxygen atoms in total. The third kappa shape index (κ3) is 8.20. The molecule has 0 fully saturated rings. The van der Waals surface area contributed by atoms with E-state index in [0.29, 0.717) is 18.7 Å². The van der Waals surface area contributed by atoms with Crippen molar-refractivity contribution >= 4 is 24.7 Å². The zero-order valence-electron chi connectivity index (χ0n) is 25.6. The normalized spacial score (nSPS) is 15.6. The van der Waals surface area contributed by atoms with Gasteiger partial charge in [-0.15, -0.1) is 0 Å². The number of aliphatic imine (C=N–C) groups is 1. The summed E-state index contributed by atoms with van der Waals surface area (Å²) in [6, 6.07) is 52.7. The second-order valence-electron chi connectivity index (χ2n) is 10.6. The number of nitrogens with zero attached hydrogens (tertiary/aromatic N) is 1. The Hall–Kier alpha value is -3.39. The molecule has 5 aromatic rings. The summed E-state index contributed by atoms with van der Waals surface area (Å²) in [5.74, 6) is 0.686. The number of ether oxygens (including phenoxy) is 1. The molecule has 229 valence electrons. The van der Waals surface area contributed by atoms with E-state index in [0.717, 1.165) is 5.56 Å². The SMILES string of the molecule is C[C@@H]1OC(c2ccccc2)=N[C@@H]1C(Cc1ccccc1)(Cc1ccccc1)O[PH+](c1ccccc1)c1ccccc1.[CH3-].[CH3-].[Ir]. The van der Waals surface area contributed by atoms with Crippen LogP contribution in [0.15, 0.2) is 157 Å². The first kappa shape index (κ1) is 35.1. The second kappa shape index (κ2) is 16.6. The Morgan fingerprint density at radius 2 is 1.00 bits per heavy atom. The van der Waals surface area contributed by atoms with Crippen molar-refractivity contribution in [3.05, 3.63) is 183 Å². The maximum Gasteiger partial charge on any atom is 0.216 e. The molecule has 0 saturated carbocycles. The molecule has 6 rings (SSSR count). The van der Waals surface area contributed by atoms with Crippen molar-refractivity contribution in [1.29, 1.82) is 0 Å². The van der Waals surface area contributed by atoms with Gasteiger partial charge in [0.25, 0.3) is 0 Å². The molecule has 5 aromatic carbocycles. The predicted molar refractivity (Wildman–Crippen MR) is 185 cm³/mol. The third-order valence-corrected chi connectivity index (χ3v) is 9.95. The van der Waals surface area contributed by atoms with Gasteiger partial charge in [0.05, 0.1) is 0 Å². The summed E-state index contributed by atoms with van der Waals surface area (Å²) in [5, 5.41) is 2.43. The summed E-state index contributed by atoms with van der Waals surface area (Å²) >= 11 is 0. The van der Waals surface area contributed by atoms with Gasteiger partial charge in [0.2, 0.25) is 5.90 Å². The van der Waals surface area contributed by atoms with Crippen LogP contribution in [0.3, 0.4) is 0 Å². The Labute approximate surface area is 278 Å². The van der Waals surface area contributed by atoms with Crippen LogP contribution in [-0.2, 0) is 42.2 Å². The fourth-order valence-corrected chi connectivity index (χ4v) is 7.96. The van der Waals surface area contributed by atoms with Crippen LogP contribution in [0.25, 0.3) is 0 Å². The Morgan fingerprint density at radius 1 is 0.614 bits per heavy atom. The molecule has 1 aliphatic rings. The van der Waals surface area contributed by atoms with Gasteiger partial charge >= 0.3 is 0 Å². The van der Waals surface area contributed by atoms with Crippen LogP contribution in [0.5, 0.6) is 0 Å². The summed E-state index contributed by atoms with van der Waals surface area (Å²) < 4.78 is 14.2. The van der Waals surface area contributed by atoms with E-state index in [-0.39, 0.29) is 47.1 Å². The molecule has 0 N–H and O–H groups in total. The van der Waals surface area contributed by atoms with E-state index in [1.54, 1.807) is 0 Å². The van der Waals surface area contributed by atoms with E-state index in [4.69, 9.17) is 14.3 Å². The van der Waals surface area contributed by atoms with Crippen molar-refractivity contribution < 1.29 is 29.4 Å². The smallest absolute Gasteiger partial charge is 0.216 e. The molecule has 0 spiro atoms. The van der Waals surface area contributed by atoms with Gasteiger partial charge in [-0.25, -0.2) is 9.52 Å². The van der Waals surface area contributed by atoms with Crippen LogP contribution in [0, 0.1) is 14.9 Å². The maximum atomic E-state index is 7.67. The monoisotopic (exact) mass is 779 g/mol. The van der Waals surface area contributed by atoms with Gasteiger partial charge in [0.15, 0.2) is 8.15 Å². The molecule has 0 aromatic heterocycles. The largest absolute Gasteiger partial charge is 0.472 e. The summed E-state index contributed by atoms with van der Waals surface area (Å²) in [4.78, 5) is 5.33. The molecule has 44 heavy (non-hydrogen) atoms. The van der Waals surface area contributed by atoms with Crippen molar-refractivity contribution in [2.75, 3.05) is 0 Å². The topological polar surface area (TPSA) is 30.8 Å². The van der Waals surface area contributed by atoms with E-state index in [2.05, 4.69) is 140 Å². The van der Waals surface area contributed by atoms with Gasteiger partial charge < -0.3 is 19.6 Å². The molecular weight excluding hydrogens is 738 g/mol. The van der Waals surface area contributed by atoms with Crippen LogP contribution in [0.2, 0.25) is 0 Å². The first-order chi connectivity index (χ1) is 20.2. The van der Waals surface area contributed by atoms with Crippen LogP contribution < -0.4 is 10.6 Å². The van der Waals surface area contributed by atoms with Gasteiger partial charge in [-0.2, -0.15) is 0 Å². The van der Waals surface area contributed by atoms with E-state index in [1.165, 1.54) is 21.7 Å².